The van der Waals surface area contributed by atoms with E-state index in [1.165, 1.54) is 11.3 Å². The van der Waals surface area contributed by atoms with Crippen molar-refractivity contribution in [2.75, 3.05) is 18.5 Å². The van der Waals surface area contributed by atoms with Gasteiger partial charge >= 0.3 is 6.03 Å². The van der Waals surface area contributed by atoms with E-state index in [9.17, 15) is 4.79 Å². The minimum atomic E-state index is -0.407. The second kappa shape index (κ2) is 8.66. The Balaban J connectivity index is 1.58. The summed E-state index contributed by atoms with van der Waals surface area (Å²) in [6.07, 6.45) is 1.79. The van der Waals surface area contributed by atoms with Gasteiger partial charge in [0.15, 0.2) is 11.5 Å². The van der Waals surface area contributed by atoms with E-state index in [1.54, 1.807) is 6.08 Å². The fourth-order valence-corrected chi connectivity index (χ4v) is 3.82. The molecule has 2 aromatic carbocycles. The molecule has 148 valence electrons. The summed E-state index contributed by atoms with van der Waals surface area (Å²) in [6, 6.07) is 14.6. The molecule has 0 bridgehead atoms. The molecule has 2 amide bonds. The van der Waals surface area contributed by atoms with Crippen molar-refractivity contribution < 1.29 is 14.3 Å². The Hall–Kier alpha value is -3.52. The molecule has 0 aliphatic carbocycles. The van der Waals surface area contributed by atoms with Gasteiger partial charge in [0.05, 0.1) is 5.69 Å². The number of thiazole rings is 1. The minimum Gasteiger partial charge on any atom is -0.486 e. The number of benzene rings is 2. The predicted molar refractivity (Wildman–Crippen MR) is 113 cm³/mol. The predicted octanol–water partition coefficient (Wildman–Crippen LogP) is 3.81. The van der Waals surface area contributed by atoms with Gasteiger partial charge in [-0.1, -0.05) is 24.3 Å². The first kappa shape index (κ1) is 18.8. The van der Waals surface area contributed by atoms with Crippen LogP contribution in [0.4, 0.5) is 10.5 Å². The summed E-state index contributed by atoms with van der Waals surface area (Å²) >= 11 is 1.43. The maximum Gasteiger partial charge on any atom is 0.339 e. The largest absolute Gasteiger partial charge is 0.486 e. The van der Waals surface area contributed by atoms with E-state index in [1.807, 2.05) is 58.5 Å². The van der Waals surface area contributed by atoms with Gasteiger partial charge in [-0.3, -0.25) is 0 Å². The van der Waals surface area contributed by atoms with Gasteiger partial charge in [-0.05, 0) is 30.3 Å². The van der Waals surface area contributed by atoms with Crippen LogP contribution in [0.25, 0.3) is 11.3 Å². The highest BCUT2D eigenvalue weighted by atomic mass is 32.1. The second-order valence-electron chi connectivity index (χ2n) is 6.20. The van der Waals surface area contributed by atoms with Crippen molar-refractivity contribution in [2.45, 2.75) is 6.54 Å². The summed E-state index contributed by atoms with van der Waals surface area (Å²) in [5.41, 5.74) is 5.17. The van der Waals surface area contributed by atoms with Crippen molar-refractivity contribution in [2.24, 2.45) is 5.10 Å². The average Bonchev–Trinajstić information content (AvgIpc) is 3.15. The van der Waals surface area contributed by atoms with E-state index < -0.39 is 6.03 Å². The van der Waals surface area contributed by atoms with Gasteiger partial charge < -0.3 is 19.4 Å². The maximum absolute atomic E-state index is 12.1. The number of amides is 2. The second-order valence-corrected chi connectivity index (χ2v) is 7.04. The lowest BCUT2D eigenvalue weighted by molar-refractivity contribution is 0.171. The molecule has 29 heavy (non-hydrogen) atoms. The quantitative estimate of drug-likeness (QED) is 0.498. The molecule has 1 aromatic heterocycles. The monoisotopic (exact) mass is 408 g/mol. The number of allylic oxidation sites excluding steroid dienone is 1. The molecule has 0 radical (unpaired) electrons. The van der Waals surface area contributed by atoms with Gasteiger partial charge in [0, 0.05) is 23.2 Å². The van der Waals surface area contributed by atoms with Crippen LogP contribution in [0.3, 0.4) is 0 Å². The first-order chi connectivity index (χ1) is 14.2. The fraction of sp³-hybridized carbons (Fsp3) is 0.143. The first-order valence-electron chi connectivity index (χ1n) is 9.09. The third-order valence-corrected chi connectivity index (χ3v) is 5.10. The van der Waals surface area contributed by atoms with Crippen LogP contribution in [0.15, 0.2) is 71.7 Å². The Morgan fingerprint density at radius 1 is 1.17 bits per heavy atom. The molecular weight excluding hydrogens is 388 g/mol. The molecule has 0 atom stereocenters. The summed E-state index contributed by atoms with van der Waals surface area (Å²) in [6.45, 7) is 5.47. The van der Waals surface area contributed by atoms with Gasteiger partial charge in [0.1, 0.15) is 13.2 Å². The minimum absolute atomic E-state index is 0.407. The Kier molecular flexibility index (Phi) is 5.62. The number of urea groups is 1. The molecule has 7 nitrogen and oxygen atoms in total. The van der Waals surface area contributed by atoms with E-state index >= 15 is 0 Å². The zero-order valence-corrected chi connectivity index (χ0v) is 16.4. The molecule has 0 saturated heterocycles. The van der Waals surface area contributed by atoms with Crippen LogP contribution < -0.4 is 25.0 Å². The van der Waals surface area contributed by atoms with Gasteiger partial charge in [-0.25, -0.2) is 10.2 Å². The molecule has 2 heterocycles. The molecule has 8 heteroatoms. The third kappa shape index (κ3) is 4.33. The summed E-state index contributed by atoms with van der Waals surface area (Å²) in [5.74, 6) is 1.47. The Bertz CT molecular complexity index is 1090. The Morgan fingerprint density at radius 2 is 1.97 bits per heavy atom. The number of nitrogens with zero attached hydrogens (tertiary/aromatic N) is 2. The number of carbonyl (C=O) groups is 1. The van der Waals surface area contributed by atoms with Crippen LogP contribution in [-0.4, -0.2) is 23.8 Å². The molecule has 1 aliphatic heterocycles. The number of ether oxygens (including phenoxy) is 2. The Labute approximate surface area is 171 Å². The molecule has 0 fully saturated rings. The van der Waals surface area contributed by atoms with E-state index in [2.05, 4.69) is 22.4 Å². The van der Waals surface area contributed by atoms with Crippen LogP contribution in [0.1, 0.15) is 0 Å². The van der Waals surface area contributed by atoms with Crippen LogP contribution >= 0.6 is 11.3 Å². The molecule has 3 aromatic rings. The number of carbonyl (C=O) groups excluding carboxylic acids is 1. The lowest BCUT2D eigenvalue weighted by Crippen LogP contribution is -2.28. The smallest absolute Gasteiger partial charge is 0.339 e. The van der Waals surface area contributed by atoms with Gasteiger partial charge in [-0.2, -0.15) is 0 Å². The first-order valence-corrected chi connectivity index (χ1v) is 9.97. The molecule has 1 aliphatic rings. The maximum atomic E-state index is 12.1. The number of fused-ring (bicyclic) bond motifs is 1. The highest BCUT2D eigenvalue weighted by Crippen LogP contribution is 2.34. The summed E-state index contributed by atoms with van der Waals surface area (Å²) in [4.78, 5) is 12.8. The average molecular weight is 408 g/mol. The topological polar surface area (TPSA) is 76.9 Å². The molecule has 4 rings (SSSR count). The molecular formula is C21H20N4O3S. The lowest BCUT2D eigenvalue weighted by Gasteiger charge is -2.19. The zero-order valence-electron chi connectivity index (χ0n) is 15.6. The number of anilines is 1. The Morgan fingerprint density at radius 3 is 2.76 bits per heavy atom. The highest BCUT2D eigenvalue weighted by molar-refractivity contribution is 7.07. The van der Waals surface area contributed by atoms with Crippen molar-refractivity contribution in [1.29, 1.82) is 0 Å². The third-order valence-electron chi connectivity index (χ3n) is 4.23. The van der Waals surface area contributed by atoms with Crippen molar-refractivity contribution in [3.8, 4) is 22.8 Å². The number of hydrogen-bond acceptors (Lipinski definition) is 5. The van der Waals surface area contributed by atoms with Crippen molar-refractivity contribution in [3.63, 3.8) is 0 Å². The van der Waals surface area contributed by atoms with Crippen molar-refractivity contribution in [3.05, 3.63) is 71.4 Å². The molecule has 0 saturated carbocycles. The number of hydrogen-bond donors (Lipinski definition) is 2. The van der Waals surface area contributed by atoms with Crippen LogP contribution in [0, 0.1) is 0 Å². The van der Waals surface area contributed by atoms with E-state index in [4.69, 9.17) is 9.47 Å². The number of rotatable bonds is 5. The lowest BCUT2D eigenvalue weighted by atomic mass is 10.1. The van der Waals surface area contributed by atoms with Crippen LogP contribution in [0.2, 0.25) is 0 Å². The molecule has 0 spiro atoms. The standard InChI is InChI=1S/C21H20N4O3S/c1-2-10-25-17(15-8-9-18-19(13-15)28-12-11-27-18)14-29-21(25)24-23-20(26)22-16-6-4-3-5-7-16/h2-9,13-14H,1,10-12H2,(H2,22,23,26)/b24-21+. The van der Waals surface area contributed by atoms with Crippen LogP contribution in [-0.2, 0) is 6.54 Å². The normalized spacial score (nSPS) is 13.0. The SMILES string of the molecule is C=CCn1c(-c2ccc3c(c2)OCCO3)cs/c1=N/NC(=O)Nc1ccccc1. The highest BCUT2D eigenvalue weighted by Gasteiger charge is 2.15. The zero-order chi connectivity index (χ0) is 20.1. The van der Waals surface area contributed by atoms with Gasteiger partial charge in [-0.15, -0.1) is 23.0 Å². The van der Waals surface area contributed by atoms with E-state index in [0.29, 0.717) is 30.2 Å². The fourth-order valence-electron chi connectivity index (χ4n) is 2.94. The summed E-state index contributed by atoms with van der Waals surface area (Å²) < 4.78 is 13.3. The van der Waals surface area contributed by atoms with E-state index in [-0.39, 0.29) is 0 Å². The number of para-hydroxylation sites is 1. The van der Waals surface area contributed by atoms with Crippen LogP contribution in [0.5, 0.6) is 11.5 Å². The van der Waals surface area contributed by atoms with Gasteiger partial charge in [0.25, 0.3) is 0 Å². The molecule has 0 unspecified atom stereocenters. The number of aromatic nitrogens is 1. The van der Waals surface area contributed by atoms with E-state index in [0.717, 1.165) is 22.8 Å². The summed E-state index contributed by atoms with van der Waals surface area (Å²) in [5, 5.41) is 9.00. The van der Waals surface area contributed by atoms with Gasteiger partial charge in [0.2, 0.25) is 4.80 Å². The summed E-state index contributed by atoms with van der Waals surface area (Å²) in [7, 11) is 0. The van der Waals surface area contributed by atoms with Crippen molar-refractivity contribution in [1.82, 2.24) is 9.99 Å². The molecule has 2 N–H and O–H groups in total. The number of nitrogens with one attached hydrogen (secondary N) is 2. The van der Waals surface area contributed by atoms with Crippen molar-refractivity contribution >= 4 is 23.1 Å².